The maximum absolute atomic E-state index is 14.8. The number of aliphatic imine (C=N–C) groups is 1. The molecule has 6 rings (SSSR count). The largest absolute Gasteiger partial charge is 0.477 e. The van der Waals surface area contributed by atoms with Gasteiger partial charge in [-0.3, -0.25) is 14.3 Å². The second kappa shape index (κ2) is 9.82. The van der Waals surface area contributed by atoms with Crippen molar-refractivity contribution in [1.29, 1.82) is 0 Å². The summed E-state index contributed by atoms with van der Waals surface area (Å²) in [5.74, 6) is -1.54. The van der Waals surface area contributed by atoms with Crippen LogP contribution in [0, 0.1) is 5.82 Å². The molecule has 4 heterocycles. The lowest BCUT2D eigenvalue weighted by atomic mass is 10.0. The van der Waals surface area contributed by atoms with Gasteiger partial charge in [-0.25, -0.2) is 14.1 Å². The van der Waals surface area contributed by atoms with Gasteiger partial charge >= 0.3 is 0 Å². The van der Waals surface area contributed by atoms with Crippen LogP contribution in [0.4, 0.5) is 10.1 Å². The molecular formula is C28H26FN7O3. The number of rotatable bonds is 5. The number of amides is 2. The Morgan fingerprint density at radius 2 is 1.97 bits per heavy atom. The van der Waals surface area contributed by atoms with Crippen molar-refractivity contribution in [2.45, 2.75) is 39.0 Å². The van der Waals surface area contributed by atoms with Gasteiger partial charge in [0.25, 0.3) is 11.8 Å². The first-order valence-electron chi connectivity index (χ1n) is 12.7. The molecule has 2 aliphatic rings. The topological polar surface area (TPSA) is 115 Å². The van der Waals surface area contributed by atoms with Crippen molar-refractivity contribution < 1.29 is 18.7 Å². The van der Waals surface area contributed by atoms with E-state index in [-0.39, 0.29) is 17.3 Å². The summed E-state index contributed by atoms with van der Waals surface area (Å²) in [6.45, 7) is 5.02. The van der Waals surface area contributed by atoms with Crippen LogP contribution in [0.2, 0.25) is 0 Å². The predicted molar refractivity (Wildman–Crippen MR) is 142 cm³/mol. The standard InChI is InChI=1S/C28H26FN7O3/c1-16(2)36-15-18(14-30-36)23-21(28-35(34-23)12-7-13-39-28)26(37)33-25-27(38)32-24-19(10-6-11-20(24)29)22(31-25)17-8-4-3-5-9-17/h3-6,8-11,14-16,25H,7,12-13H2,1-2H3,(H,32,38)(H,33,37)/t25-/m1/s1. The van der Waals surface area contributed by atoms with E-state index < -0.39 is 23.8 Å². The minimum absolute atomic E-state index is 0.00915. The number of carbonyl (C=O) groups is 2. The fourth-order valence-corrected chi connectivity index (χ4v) is 4.69. The highest BCUT2D eigenvalue weighted by Crippen LogP contribution is 2.33. The zero-order chi connectivity index (χ0) is 27.1. The summed E-state index contributed by atoms with van der Waals surface area (Å²) in [6, 6.07) is 13.7. The van der Waals surface area contributed by atoms with Crippen LogP contribution in [0.1, 0.15) is 47.8 Å². The molecule has 0 aliphatic carbocycles. The van der Waals surface area contributed by atoms with Gasteiger partial charge in [-0.2, -0.15) is 10.2 Å². The first-order valence-corrected chi connectivity index (χ1v) is 12.7. The number of halogens is 1. The molecule has 2 aromatic heterocycles. The molecule has 11 heteroatoms. The highest BCUT2D eigenvalue weighted by molar-refractivity contribution is 6.20. The molecule has 198 valence electrons. The van der Waals surface area contributed by atoms with Crippen molar-refractivity contribution in [2.24, 2.45) is 4.99 Å². The fourth-order valence-electron chi connectivity index (χ4n) is 4.69. The fraction of sp³-hybridized carbons (Fsp3) is 0.250. The Balaban J connectivity index is 1.41. The summed E-state index contributed by atoms with van der Waals surface area (Å²) in [6.07, 6.45) is 2.87. The molecule has 0 saturated carbocycles. The summed E-state index contributed by atoms with van der Waals surface area (Å²) in [4.78, 5) is 31.7. The number of hydrogen-bond donors (Lipinski definition) is 2. The zero-order valence-corrected chi connectivity index (χ0v) is 21.4. The minimum Gasteiger partial charge on any atom is -0.477 e. The smallest absolute Gasteiger partial charge is 0.269 e. The Kier molecular flexibility index (Phi) is 6.18. The Morgan fingerprint density at radius 3 is 2.74 bits per heavy atom. The number of hydrogen-bond acceptors (Lipinski definition) is 6. The lowest BCUT2D eigenvalue weighted by molar-refractivity contribution is -0.117. The van der Waals surface area contributed by atoms with E-state index in [1.54, 1.807) is 27.7 Å². The number of aryl methyl sites for hydroxylation is 1. The van der Waals surface area contributed by atoms with E-state index in [4.69, 9.17) is 4.74 Å². The van der Waals surface area contributed by atoms with Crippen molar-refractivity contribution in [3.63, 3.8) is 0 Å². The second-order valence-corrected chi connectivity index (χ2v) is 9.63. The highest BCUT2D eigenvalue weighted by Gasteiger charge is 2.33. The monoisotopic (exact) mass is 527 g/mol. The molecule has 10 nitrogen and oxygen atoms in total. The Labute approximate surface area is 223 Å². The van der Waals surface area contributed by atoms with Crippen LogP contribution in [0.5, 0.6) is 5.88 Å². The van der Waals surface area contributed by atoms with E-state index in [1.165, 1.54) is 6.07 Å². The molecule has 0 radical (unpaired) electrons. The number of benzene rings is 2. The molecule has 2 amide bonds. The summed E-state index contributed by atoms with van der Waals surface area (Å²) in [5.41, 5.74) is 2.71. The van der Waals surface area contributed by atoms with Gasteiger partial charge in [-0.05, 0) is 19.9 Å². The van der Waals surface area contributed by atoms with Gasteiger partial charge in [0.05, 0.1) is 24.2 Å². The average molecular weight is 528 g/mol. The van der Waals surface area contributed by atoms with Gasteiger partial charge < -0.3 is 15.4 Å². The number of ether oxygens (including phenoxy) is 1. The summed E-state index contributed by atoms with van der Waals surface area (Å²) in [5, 5.41) is 14.4. The van der Waals surface area contributed by atoms with Gasteiger partial charge in [-0.1, -0.05) is 42.5 Å². The Morgan fingerprint density at radius 1 is 1.15 bits per heavy atom. The van der Waals surface area contributed by atoms with Crippen LogP contribution < -0.4 is 15.4 Å². The molecular weight excluding hydrogens is 501 g/mol. The molecule has 2 aliphatic heterocycles. The van der Waals surface area contributed by atoms with E-state index in [2.05, 4.69) is 25.8 Å². The third-order valence-electron chi connectivity index (χ3n) is 6.63. The highest BCUT2D eigenvalue weighted by atomic mass is 19.1. The first-order chi connectivity index (χ1) is 18.9. The van der Waals surface area contributed by atoms with Crippen molar-refractivity contribution in [2.75, 3.05) is 11.9 Å². The molecule has 0 unspecified atom stereocenters. The van der Waals surface area contributed by atoms with E-state index in [0.717, 1.165) is 6.42 Å². The Hall–Kier alpha value is -4.80. The lowest BCUT2D eigenvalue weighted by Gasteiger charge is -2.17. The first kappa shape index (κ1) is 24.5. The van der Waals surface area contributed by atoms with Gasteiger partial charge in [0.1, 0.15) is 17.1 Å². The molecule has 0 fully saturated rings. The van der Waals surface area contributed by atoms with E-state index in [9.17, 15) is 14.0 Å². The maximum atomic E-state index is 14.8. The summed E-state index contributed by atoms with van der Waals surface area (Å²) < 4.78 is 24.1. The number of aromatic nitrogens is 4. The summed E-state index contributed by atoms with van der Waals surface area (Å²) >= 11 is 0. The van der Waals surface area contributed by atoms with Gasteiger partial charge in [0.2, 0.25) is 12.0 Å². The Bertz CT molecular complexity index is 1610. The second-order valence-electron chi connectivity index (χ2n) is 9.63. The van der Waals surface area contributed by atoms with Crippen molar-refractivity contribution in [3.05, 3.63) is 83.4 Å². The molecule has 4 aromatic rings. The number of anilines is 1. The number of benzodiazepines with no additional fused rings is 1. The quantitative estimate of drug-likeness (QED) is 0.410. The lowest BCUT2D eigenvalue weighted by Crippen LogP contribution is -2.42. The van der Waals surface area contributed by atoms with Crippen molar-refractivity contribution >= 4 is 23.2 Å². The third kappa shape index (κ3) is 4.45. The number of nitrogens with zero attached hydrogens (tertiary/aromatic N) is 5. The molecule has 1 atom stereocenters. The molecule has 0 spiro atoms. The van der Waals surface area contributed by atoms with Crippen LogP contribution in [0.15, 0.2) is 65.9 Å². The minimum atomic E-state index is -1.34. The van der Waals surface area contributed by atoms with Crippen molar-refractivity contribution in [1.82, 2.24) is 24.9 Å². The molecule has 39 heavy (non-hydrogen) atoms. The number of carbonyl (C=O) groups excluding carboxylic acids is 2. The van der Waals surface area contributed by atoms with Crippen LogP contribution in [-0.2, 0) is 11.3 Å². The SMILES string of the molecule is CC(C)n1cc(-c2nn3c(c2C(=O)N[C@H]2N=C(c4ccccc4)c4cccc(F)c4NC2=O)OCCC3)cn1. The van der Waals surface area contributed by atoms with E-state index in [1.807, 2.05) is 50.4 Å². The van der Waals surface area contributed by atoms with Gasteiger partial charge in [0, 0.05) is 41.9 Å². The van der Waals surface area contributed by atoms with Crippen LogP contribution in [0.3, 0.4) is 0 Å². The predicted octanol–water partition coefficient (Wildman–Crippen LogP) is 3.79. The average Bonchev–Trinajstić information content (AvgIpc) is 3.55. The van der Waals surface area contributed by atoms with Crippen LogP contribution in [0.25, 0.3) is 11.3 Å². The molecule has 0 bridgehead atoms. The van der Waals surface area contributed by atoms with Crippen LogP contribution in [-0.4, -0.2) is 49.9 Å². The van der Waals surface area contributed by atoms with Crippen LogP contribution >= 0.6 is 0 Å². The van der Waals surface area contributed by atoms with Gasteiger partial charge in [0.15, 0.2) is 0 Å². The summed E-state index contributed by atoms with van der Waals surface area (Å²) in [7, 11) is 0. The zero-order valence-electron chi connectivity index (χ0n) is 21.4. The molecule has 2 N–H and O–H groups in total. The normalized spacial score (nSPS) is 16.5. The number of nitrogens with one attached hydrogen (secondary N) is 2. The number of fused-ring (bicyclic) bond motifs is 2. The van der Waals surface area contributed by atoms with E-state index >= 15 is 0 Å². The molecule has 2 aromatic carbocycles. The molecule has 0 saturated heterocycles. The maximum Gasteiger partial charge on any atom is 0.269 e. The third-order valence-corrected chi connectivity index (χ3v) is 6.63. The van der Waals surface area contributed by atoms with Gasteiger partial charge in [-0.15, -0.1) is 0 Å². The van der Waals surface area contributed by atoms with E-state index in [0.29, 0.717) is 47.1 Å². The number of para-hydroxylation sites is 1. The van der Waals surface area contributed by atoms with Crippen molar-refractivity contribution in [3.8, 4) is 17.1 Å².